The van der Waals surface area contributed by atoms with Gasteiger partial charge in [0.05, 0.1) is 22.5 Å². The third-order valence-corrected chi connectivity index (χ3v) is 4.62. The number of carbonyl (C=O) groups excluding carboxylic acids is 1. The second kappa shape index (κ2) is 5.19. The van der Waals surface area contributed by atoms with Crippen LogP contribution in [0.25, 0.3) is 0 Å². The number of aryl methyl sites for hydroxylation is 2. The lowest BCUT2D eigenvalue weighted by Crippen LogP contribution is -2.46. The molecular formula is C16H18ClN3O. The number of rotatable bonds is 3. The van der Waals surface area contributed by atoms with E-state index in [4.69, 9.17) is 11.6 Å². The fourth-order valence-corrected chi connectivity index (χ4v) is 3.12. The molecule has 1 heterocycles. The summed E-state index contributed by atoms with van der Waals surface area (Å²) in [5.74, 6) is 0.0311. The van der Waals surface area contributed by atoms with Gasteiger partial charge in [0.1, 0.15) is 0 Å². The monoisotopic (exact) mass is 303 g/mol. The van der Waals surface area contributed by atoms with Gasteiger partial charge in [-0.2, -0.15) is 5.10 Å². The number of aromatic amines is 1. The molecule has 1 aliphatic rings. The molecule has 0 bridgehead atoms. The van der Waals surface area contributed by atoms with Crippen molar-refractivity contribution in [2.24, 2.45) is 0 Å². The van der Waals surface area contributed by atoms with Crippen molar-refractivity contribution in [2.75, 3.05) is 5.32 Å². The third-order valence-electron chi connectivity index (χ3n) is 4.39. The highest BCUT2D eigenvalue weighted by Gasteiger charge is 2.46. The number of aromatic nitrogens is 2. The lowest BCUT2D eigenvalue weighted by atomic mass is 9.64. The Balaban J connectivity index is 1.91. The highest BCUT2D eigenvalue weighted by molar-refractivity contribution is 6.30. The van der Waals surface area contributed by atoms with Crippen molar-refractivity contribution in [2.45, 2.75) is 38.5 Å². The summed E-state index contributed by atoms with van der Waals surface area (Å²) in [7, 11) is 0. The third kappa shape index (κ3) is 2.33. The Hall–Kier alpha value is -1.81. The van der Waals surface area contributed by atoms with E-state index in [1.54, 1.807) is 0 Å². The Morgan fingerprint density at radius 1 is 1.38 bits per heavy atom. The summed E-state index contributed by atoms with van der Waals surface area (Å²) >= 11 is 6.08. The van der Waals surface area contributed by atoms with Crippen molar-refractivity contribution < 1.29 is 4.79 Å². The number of amides is 1. The maximum Gasteiger partial charge on any atom is 0.235 e. The van der Waals surface area contributed by atoms with E-state index in [-0.39, 0.29) is 5.91 Å². The van der Waals surface area contributed by atoms with E-state index in [1.165, 1.54) is 0 Å². The van der Waals surface area contributed by atoms with Gasteiger partial charge in [0.2, 0.25) is 5.91 Å². The normalized spacial score (nSPS) is 16.3. The van der Waals surface area contributed by atoms with Gasteiger partial charge in [-0.3, -0.25) is 9.89 Å². The first-order valence-electron chi connectivity index (χ1n) is 7.12. The predicted octanol–water partition coefficient (Wildman–Crippen LogP) is 3.74. The SMILES string of the molecule is Cc1n[nH]c(C)c1NC(=O)C1(c2cccc(Cl)c2)CCC1. The molecule has 1 aromatic heterocycles. The van der Waals surface area contributed by atoms with Gasteiger partial charge >= 0.3 is 0 Å². The van der Waals surface area contributed by atoms with E-state index in [1.807, 2.05) is 38.1 Å². The number of H-pyrrole nitrogens is 1. The van der Waals surface area contributed by atoms with Crippen LogP contribution in [0.3, 0.4) is 0 Å². The van der Waals surface area contributed by atoms with Crippen LogP contribution in [0.5, 0.6) is 0 Å². The van der Waals surface area contributed by atoms with Crippen LogP contribution < -0.4 is 5.32 Å². The summed E-state index contributed by atoms with van der Waals surface area (Å²) in [6.07, 6.45) is 2.77. The Morgan fingerprint density at radius 3 is 2.67 bits per heavy atom. The first-order valence-corrected chi connectivity index (χ1v) is 7.50. The van der Waals surface area contributed by atoms with Gasteiger partial charge in [0.25, 0.3) is 0 Å². The van der Waals surface area contributed by atoms with Gasteiger partial charge in [-0.15, -0.1) is 0 Å². The molecule has 0 spiro atoms. The number of benzene rings is 1. The second-order valence-corrected chi connectivity index (χ2v) is 6.15. The van der Waals surface area contributed by atoms with Gasteiger partial charge in [0.15, 0.2) is 0 Å². The van der Waals surface area contributed by atoms with Crippen LogP contribution in [-0.4, -0.2) is 16.1 Å². The summed E-state index contributed by atoms with van der Waals surface area (Å²) in [4.78, 5) is 12.8. The van der Waals surface area contributed by atoms with E-state index in [2.05, 4.69) is 15.5 Å². The number of nitrogens with one attached hydrogen (secondary N) is 2. The molecule has 2 N–H and O–H groups in total. The van der Waals surface area contributed by atoms with Crippen molar-refractivity contribution in [3.05, 3.63) is 46.2 Å². The minimum atomic E-state index is -0.457. The number of carbonyl (C=O) groups is 1. The largest absolute Gasteiger partial charge is 0.322 e. The van der Waals surface area contributed by atoms with Crippen molar-refractivity contribution in [1.82, 2.24) is 10.2 Å². The lowest BCUT2D eigenvalue weighted by molar-refractivity contribution is -0.124. The zero-order valence-corrected chi connectivity index (χ0v) is 12.9. The Morgan fingerprint density at radius 2 is 2.14 bits per heavy atom. The molecule has 21 heavy (non-hydrogen) atoms. The molecule has 3 rings (SSSR count). The van der Waals surface area contributed by atoms with Gasteiger partial charge in [0, 0.05) is 5.02 Å². The minimum absolute atomic E-state index is 0.0311. The first-order chi connectivity index (χ1) is 10.0. The Kier molecular flexibility index (Phi) is 3.49. The number of hydrogen-bond donors (Lipinski definition) is 2. The lowest BCUT2D eigenvalue weighted by Gasteiger charge is -2.40. The van der Waals surface area contributed by atoms with Crippen LogP contribution in [0.4, 0.5) is 5.69 Å². The van der Waals surface area contributed by atoms with Crippen LogP contribution >= 0.6 is 11.6 Å². The molecule has 2 aromatic rings. The van der Waals surface area contributed by atoms with Gasteiger partial charge in [-0.1, -0.05) is 30.2 Å². The standard InChI is InChI=1S/C16H18ClN3O/c1-10-14(11(2)20-19-10)18-15(21)16(7-4-8-16)12-5-3-6-13(17)9-12/h3,5-6,9H,4,7-8H2,1-2H3,(H,18,21)(H,19,20). The molecular weight excluding hydrogens is 286 g/mol. The molecule has 5 heteroatoms. The van der Waals surface area contributed by atoms with Crippen LogP contribution in [0.2, 0.25) is 5.02 Å². The molecule has 1 saturated carbocycles. The second-order valence-electron chi connectivity index (χ2n) is 5.71. The van der Waals surface area contributed by atoms with Crippen molar-refractivity contribution >= 4 is 23.2 Å². The summed E-state index contributed by atoms with van der Waals surface area (Å²) in [6.45, 7) is 3.79. The molecule has 1 aromatic carbocycles. The molecule has 1 aliphatic carbocycles. The summed E-state index contributed by atoms with van der Waals surface area (Å²) in [5.41, 5.74) is 3.01. The maximum absolute atomic E-state index is 12.8. The average Bonchev–Trinajstić information content (AvgIpc) is 2.69. The zero-order chi connectivity index (χ0) is 15.0. The molecule has 4 nitrogen and oxygen atoms in total. The smallest absolute Gasteiger partial charge is 0.235 e. The highest BCUT2D eigenvalue weighted by Crippen LogP contribution is 2.45. The zero-order valence-electron chi connectivity index (χ0n) is 12.2. The van der Waals surface area contributed by atoms with E-state index < -0.39 is 5.41 Å². The van der Waals surface area contributed by atoms with E-state index in [0.717, 1.165) is 41.9 Å². The molecule has 110 valence electrons. The molecule has 0 unspecified atom stereocenters. The first kappa shape index (κ1) is 14.1. The van der Waals surface area contributed by atoms with Crippen molar-refractivity contribution in [3.8, 4) is 0 Å². The van der Waals surface area contributed by atoms with E-state index in [0.29, 0.717) is 5.02 Å². The Labute approximate surface area is 128 Å². The van der Waals surface area contributed by atoms with Crippen molar-refractivity contribution in [1.29, 1.82) is 0 Å². The summed E-state index contributed by atoms with van der Waals surface area (Å²) in [5, 5.41) is 10.7. The molecule has 0 aliphatic heterocycles. The molecule has 0 saturated heterocycles. The number of anilines is 1. The number of hydrogen-bond acceptors (Lipinski definition) is 2. The van der Waals surface area contributed by atoms with E-state index in [9.17, 15) is 4.79 Å². The topological polar surface area (TPSA) is 57.8 Å². The fraction of sp³-hybridized carbons (Fsp3) is 0.375. The molecule has 0 atom stereocenters. The minimum Gasteiger partial charge on any atom is -0.322 e. The van der Waals surface area contributed by atoms with Crippen LogP contribution in [0, 0.1) is 13.8 Å². The van der Waals surface area contributed by atoms with Gasteiger partial charge in [-0.05, 0) is 44.4 Å². The van der Waals surface area contributed by atoms with E-state index >= 15 is 0 Å². The van der Waals surface area contributed by atoms with Crippen LogP contribution in [-0.2, 0) is 10.2 Å². The van der Waals surface area contributed by atoms with Crippen LogP contribution in [0.1, 0.15) is 36.2 Å². The maximum atomic E-state index is 12.8. The van der Waals surface area contributed by atoms with Gasteiger partial charge in [-0.25, -0.2) is 0 Å². The van der Waals surface area contributed by atoms with Crippen LogP contribution in [0.15, 0.2) is 24.3 Å². The quantitative estimate of drug-likeness (QED) is 0.907. The highest BCUT2D eigenvalue weighted by atomic mass is 35.5. The summed E-state index contributed by atoms with van der Waals surface area (Å²) < 4.78 is 0. The Bertz CT molecular complexity index is 669. The molecule has 1 fully saturated rings. The molecule has 1 amide bonds. The molecule has 0 radical (unpaired) electrons. The fourth-order valence-electron chi connectivity index (χ4n) is 2.93. The predicted molar refractivity (Wildman–Crippen MR) is 83.7 cm³/mol. The number of halogens is 1. The van der Waals surface area contributed by atoms with Crippen molar-refractivity contribution in [3.63, 3.8) is 0 Å². The van der Waals surface area contributed by atoms with Gasteiger partial charge < -0.3 is 5.32 Å². The number of nitrogens with zero attached hydrogens (tertiary/aromatic N) is 1. The summed E-state index contributed by atoms with van der Waals surface area (Å²) in [6, 6.07) is 7.62. The average molecular weight is 304 g/mol.